The lowest BCUT2D eigenvalue weighted by Gasteiger charge is -2.55. The SMILES string of the molecule is [B]Cc1ccc(C(=O)OC(CS(=O)(=O)[O-])(C(F)(F)F)C(F)(F)F)c(OC(=O)C23CC4CC(C2)C(=O)C(C4)C3)c1.[B]Cc1ccc(C(=O)OC(CS(=O)(=O)[O-])(C(F)(F)F)C(F)(F)F)c(OC(=O)C23CC4CC(CC(C4)C2)C3)c1.[B]Cc1ccc(C(=O)OC(CS(=O)(=O)[O-])(C(F)(F)F)C(F)(F)F)c(OC(=O)C2CCCCC2)c1.[B]Cc1ccc(C(=O)OC(CS(=O)(=O)[O-])(C(F)(F)F)C(F)(F)F)c(OC(=O)c2ccccc2)c1. The van der Waals surface area contributed by atoms with Crippen molar-refractivity contribution in [2.24, 2.45) is 52.3 Å². The maximum absolute atomic E-state index is 13.6. The van der Waals surface area contributed by atoms with E-state index in [9.17, 15) is 200 Å². The van der Waals surface area contributed by atoms with Crippen LogP contribution < -0.4 is 18.9 Å². The highest BCUT2D eigenvalue weighted by molar-refractivity contribution is 7.86. The number of carbonyl (C=O) groups excluding carboxylic acids is 9. The molecule has 8 bridgehead atoms. The van der Waals surface area contributed by atoms with Gasteiger partial charge in [-0.3, -0.25) is 19.2 Å². The standard InChI is InChI=1S/C23H21BF6O8S.C23H23BF6O7S.C19H19BF6O7S.C19H13BF6O7S/c24-9-11-1-2-15(18(32)38-21(22(25,26)27,23(28,29)30)10-39(34,35)36)16(5-11)37-19(33)20-6-12-3-13(7-20)17(31)14(4-12)8-20;24-10-12-1-2-16(18(31)37-21(22(25,26)27,23(28,29)30)11-38(33,34)35)17(6-12)36-19(32)20-7-13-3-14(8-20)5-15(4-13)9-20;2*20-9-11-6-7-13(14(8-11)32-15(27)12-4-2-1-3-5-12)16(28)33-17(18(21,22)23,19(24,25)26)10-34(29,30)31/h1-2,5,12-14H,3-4,6-10H2,(H,34,35,36);1-2,6,13-15H,3-5,7-11H2,(H,33,34,35);6-8,12H,1-5,9-10H2,(H,29,30,31);1-8H,9-10H2,(H,29,30,31)/p-4. The quantitative estimate of drug-likeness (QED) is 0.0112. The van der Waals surface area contributed by atoms with Crippen molar-refractivity contribution in [3.05, 3.63) is 153 Å². The van der Waals surface area contributed by atoms with Gasteiger partial charge in [-0.1, -0.05) is 109 Å². The maximum atomic E-state index is 13.6. The van der Waals surface area contributed by atoms with Gasteiger partial charge in [0.15, 0.2) is 0 Å². The first-order valence-electron chi connectivity index (χ1n) is 42.2. The Morgan fingerprint density at radius 2 is 0.559 bits per heavy atom. The zero-order valence-corrected chi connectivity index (χ0v) is 76.9. The number of ether oxygens (including phenoxy) is 8. The van der Waals surface area contributed by atoms with Gasteiger partial charge in [0.05, 0.1) is 117 Å². The second-order valence-electron chi connectivity index (χ2n) is 35.3. The summed E-state index contributed by atoms with van der Waals surface area (Å²) in [6, 6.07) is 17.8. The molecule has 9 aliphatic rings. The van der Waals surface area contributed by atoms with E-state index in [-0.39, 0.29) is 89.5 Å². The van der Waals surface area contributed by atoms with Crippen molar-refractivity contribution in [2.75, 3.05) is 23.0 Å². The van der Waals surface area contributed by atoms with Crippen molar-refractivity contribution in [3.63, 3.8) is 0 Å². The minimum absolute atomic E-state index is 0.0349. The molecule has 145 heavy (non-hydrogen) atoms. The molecule has 8 radical (unpaired) electrons. The highest BCUT2D eigenvalue weighted by Crippen LogP contribution is 2.63. The second-order valence-corrected chi connectivity index (χ2v) is 40.9. The predicted molar refractivity (Wildman–Crippen MR) is 439 cm³/mol. The molecule has 2 atom stereocenters. The maximum Gasteiger partial charge on any atom is 0.438 e. The molecule has 9 saturated carbocycles. The Labute approximate surface area is 811 Å². The van der Waals surface area contributed by atoms with Gasteiger partial charge >= 0.3 is 120 Å². The molecule has 61 heteroatoms. The molecule has 0 N–H and O–H groups in total. The zero-order valence-electron chi connectivity index (χ0n) is 73.7. The fourth-order valence-corrected chi connectivity index (χ4v) is 22.1. The van der Waals surface area contributed by atoms with E-state index in [4.69, 9.17) is 50.3 Å². The molecular weight excluding hydrogens is 2100 g/mol. The van der Waals surface area contributed by atoms with Crippen LogP contribution in [0.3, 0.4) is 0 Å². The van der Waals surface area contributed by atoms with Gasteiger partial charge in [-0.25, -0.2) is 57.6 Å². The first-order valence-corrected chi connectivity index (χ1v) is 48.5. The van der Waals surface area contributed by atoms with E-state index in [2.05, 4.69) is 18.9 Å². The molecule has 14 rings (SSSR count). The first-order chi connectivity index (χ1) is 66.2. The van der Waals surface area contributed by atoms with Crippen LogP contribution in [0.15, 0.2) is 103 Å². The van der Waals surface area contributed by atoms with Gasteiger partial charge in [0, 0.05) is 11.8 Å². The smallest absolute Gasteiger partial charge is 0.438 e. The average molecular weight is 2170 g/mol. The lowest BCUT2D eigenvalue weighted by Crippen LogP contribution is -2.63. The monoisotopic (exact) mass is 2170 g/mol. The summed E-state index contributed by atoms with van der Waals surface area (Å²) in [6.45, 7) is 0. The predicted octanol–water partition coefficient (Wildman–Crippen LogP) is 13.8. The third-order valence-corrected chi connectivity index (χ3v) is 28.0. The average Bonchev–Trinajstić information content (AvgIpc) is 0.737. The van der Waals surface area contributed by atoms with Gasteiger partial charge in [0.2, 0.25) is 0 Å². The molecule has 29 nitrogen and oxygen atoms in total. The van der Waals surface area contributed by atoms with E-state index in [1.165, 1.54) is 30.3 Å². The van der Waals surface area contributed by atoms with E-state index in [1.807, 2.05) is 0 Å². The fourth-order valence-electron chi connectivity index (χ4n) is 18.6. The number of esters is 8. The Morgan fingerprint density at radius 3 is 0.807 bits per heavy atom. The summed E-state index contributed by atoms with van der Waals surface area (Å²) in [5.74, 6) is -29.0. The van der Waals surface area contributed by atoms with E-state index < -0.39 is 245 Å². The molecular formula is C84H72B4F24O29S4-4. The largest absolute Gasteiger partial charge is 0.748 e. The molecule has 9 fully saturated rings. The van der Waals surface area contributed by atoms with Gasteiger partial charge < -0.3 is 56.1 Å². The molecule has 0 aromatic heterocycles. The number of hydrogen-bond donors (Lipinski definition) is 0. The Bertz CT molecular complexity index is 6080. The molecule has 5 aromatic carbocycles. The number of alkyl halides is 24. The summed E-state index contributed by atoms with van der Waals surface area (Å²) in [6.07, 6.45) is -43.8. The zero-order chi connectivity index (χ0) is 109. The highest BCUT2D eigenvalue weighted by Gasteiger charge is 2.79. The van der Waals surface area contributed by atoms with Crippen LogP contribution >= 0.6 is 0 Å². The van der Waals surface area contributed by atoms with Crippen molar-refractivity contribution in [1.82, 2.24) is 0 Å². The van der Waals surface area contributed by atoms with Crippen LogP contribution in [0.4, 0.5) is 105 Å². The number of rotatable bonds is 28. The molecule has 0 amide bonds. The molecule has 9 aliphatic carbocycles. The summed E-state index contributed by atoms with van der Waals surface area (Å²) in [7, 11) is -2.93. The van der Waals surface area contributed by atoms with E-state index >= 15 is 0 Å². The molecule has 5 aromatic rings. The summed E-state index contributed by atoms with van der Waals surface area (Å²) >= 11 is 0. The topological polar surface area (TPSA) is 456 Å². The van der Waals surface area contributed by atoms with E-state index in [1.54, 1.807) is 0 Å². The van der Waals surface area contributed by atoms with Gasteiger partial charge in [-0.05, 0) is 168 Å². The Kier molecular flexibility index (Phi) is 35.2. The number of halogens is 24. The van der Waals surface area contributed by atoms with Crippen molar-refractivity contribution >= 4 is 125 Å². The van der Waals surface area contributed by atoms with Crippen molar-refractivity contribution in [3.8, 4) is 23.0 Å². The molecule has 0 saturated heterocycles. The van der Waals surface area contributed by atoms with Crippen LogP contribution in [-0.2, 0) is 104 Å². The normalized spacial score (nSPS) is 21.2. The summed E-state index contributed by atoms with van der Waals surface area (Å²) in [4.78, 5) is 114. The van der Waals surface area contributed by atoms with Gasteiger partial charge in [-0.2, -0.15) is 105 Å². The minimum Gasteiger partial charge on any atom is -0.748 e. The number of hydrogen-bond acceptors (Lipinski definition) is 29. The molecule has 0 heterocycles. The van der Waals surface area contributed by atoms with Crippen LogP contribution in [0.1, 0.15) is 177 Å². The molecule has 2 unspecified atom stereocenters. The summed E-state index contributed by atoms with van der Waals surface area (Å²) in [5.41, 5.74) is -28.2. The van der Waals surface area contributed by atoms with Gasteiger partial charge in [0.1, 0.15) is 51.0 Å². The number of carbonyl (C=O) groups is 9. The molecule has 0 aliphatic heterocycles. The fraction of sp³-hybridized carbons (Fsp3) is 0.536. The van der Waals surface area contributed by atoms with E-state index in [0.29, 0.717) is 94.1 Å². The first kappa shape index (κ1) is 118. The third-order valence-electron chi connectivity index (χ3n) is 24.9. The Morgan fingerprint density at radius 1 is 0.317 bits per heavy atom. The van der Waals surface area contributed by atoms with Gasteiger partial charge in [0.25, 0.3) is 0 Å². The van der Waals surface area contributed by atoms with Crippen LogP contribution in [0.5, 0.6) is 23.0 Å². The van der Waals surface area contributed by atoms with Crippen LogP contribution in [-0.4, -0.2) is 232 Å². The van der Waals surface area contributed by atoms with Crippen molar-refractivity contribution in [2.45, 2.75) is 200 Å². The van der Waals surface area contributed by atoms with Crippen LogP contribution in [0, 0.1) is 52.3 Å². The van der Waals surface area contributed by atoms with E-state index in [0.717, 1.165) is 86.3 Å². The molecule has 790 valence electrons. The number of ketones is 1. The lowest BCUT2D eigenvalue weighted by molar-refractivity contribution is -0.357. The van der Waals surface area contributed by atoms with Crippen LogP contribution in [0.25, 0.3) is 0 Å². The number of Topliss-reactive ketones (excluding diaryl/α,β-unsaturated/α-hetero) is 1. The van der Waals surface area contributed by atoms with Gasteiger partial charge in [-0.15, -0.1) is 0 Å². The Hall–Kier alpha value is -10.3. The summed E-state index contributed by atoms with van der Waals surface area (Å²) < 4.78 is 492. The minimum atomic E-state index is -6.57. The van der Waals surface area contributed by atoms with Crippen molar-refractivity contribution < 1.29 is 238 Å². The third kappa shape index (κ3) is 27.3. The Balaban J connectivity index is 0.000000216. The number of benzene rings is 5. The lowest BCUT2D eigenvalue weighted by atomic mass is 9.49. The second kappa shape index (κ2) is 43.1. The van der Waals surface area contributed by atoms with Crippen LogP contribution in [0.2, 0.25) is 0 Å². The highest BCUT2D eigenvalue weighted by atomic mass is 32.2. The molecule has 0 spiro atoms. The van der Waals surface area contributed by atoms with Crippen molar-refractivity contribution in [1.29, 1.82) is 0 Å². The summed E-state index contributed by atoms with van der Waals surface area (Å²) in [5, 5.41) is 0.